The van der Waals surface area contributed by atoms with Gasteiger partial charge >= 0.3 is 0 Å². The molecule has 1 amide bonds. The number of nitrogens with zero attached hydrogens (tertiary/aromatic N) is 3. The van der Waals surface area contributed by atoms with Crippen molar-refractivity contribution < 1.29 is 18.0 Å². The van der Waals surface area contributed by atoms with Crippen LogP contribution >= 0.6 is 0 Å². The lowest BCUT2D eigenvalue weighted by Crippen LogP contribution is -2.41. The van der Waals surface area contributed by atoms with Crippen LogP contribution in [-0.2, 0) is 21.9 Å². The number of sulfonamides is 1. The number of anilines is 1. The highest BCUT2D eigenvalue weighted by Gasteiger charge is 2.33. The summed E-state index contributed by atoms with van der Waals surface area (Å²) in [6.45, 7) is 3.75. The Hall–Kier alpha value is -2.52. The zero-order valence-corrected chi connectivity index (χ0v) is 17.0. The molecule has 1 aromatic heterocycles. The van der Waals surface area contributed by atoms with Crippen LogP contribution in [0.25, 0.3) is 0 Å². The second-order valence-corrected chi connectivity index (χ2v) is 8.93. The van der Waals surface area contributed by atoms with Gasteiger partial charge < -0.3 is 9.88 Å². The molecule has 150 valence electrons. The Balaban J connectivity index is 1.62. The minimum absolute atomic E-state index is 0.0384. The van der Waals surface area contributed by atoms with Crippen LogP contribution in [0.3, 0.4) is 0 Å². The quantitative estimate of drug-likeness (QED) is 0.768. The fraction of sp³-hybridized carbons (Fsp3) is 0.421. The Kier molecular flexibility index (Phi) is 5.66. The van der Waals surface area contributed by atoms with E-state index in [1.165, 1.54) is 17.4 Å². The van der Waals surface area contributed by atoms with Gasteiger partial charge in [0.05, 0.1) is 0 Å². The lowest BCUT2D eigenvalue weighted by molar-refractivity contribution is -0.120. The summed E-state index contributed by atoms with van der Waals surface area (Å²) in [7, 11) is -1.91. The van der Waals surface area contributed by atoms with Gasteiger partial charge in [-0.2, -0.15) is 4.31 Å². The monoisotopic (exact) mass is 404 g/mol. The van der Waals surface area contributed by atoms with E-state index in [9.17, 15) is 18.0 Å². The smallest absolute Gasteiger partial charge is 0.262 e. The molecule has 1 saturated heterocycles. The topological polar surface area (TPSA) is 101 Å². The number of hydrogen-bond acceptors (Lipinski definition) is 5. The minimum Gasteiger partial charge on any atom is -0.337 e. The van der Waals surface area contributed by atoms with Gasteiger partial charge in [0, 0.05) is 43.5 Å². The summed E-state index contributed by atoms with van der Waals surface area (Å²) in [6, 6.07) is 6.79. The predicted molar refractivity (Wildman–Crippen MR) is 105 cm³/mol. The molecule has 2 heterocycles. The standard InChI is InChI=1S/C19H24N4O4S/c1-13(24)16-5-4-6-17(11-16)21-19(25)15-7-9-23(10-8-15)28(26,27)18-12-22(3)14(2)20-18/h4-6,11-12,15H,7-10H2,1-3H3,(H,21,25). The first kappa shape index (κ1) is 20.2. The van der Waals surface area contributed by atoms with Gasteiger partial charge in [-0.1, -0.05) is 12.1 Å². The molecule has 1 aromatic carbocycles. The molecule has 0 unspecified atom stereocenters. The Bertz CT molecular complexity index is 985. The first-order valence-corrected chi connectivity index (χ1v) is 10.5. The molecule has 8 nitrogen and oxygen atoms in total. The number of benzene rings is 1. The van der Waals surface area contributed by atoms with E-state index in [2.05, 4.69) is 10.3 Å². The average Bonchev–Trinajstić information content (AvgIpc) is 3.01. The molecule has 1 fully saturated rings. The Labute approximate surface area is 164 Å². The summed E-state index contributed by atoms with van der Waals surface area (Å²) in [5.41, 5.74) is 1.10. The first-order valence-electron chi connectivity index (χ1n) is 9.10. The predicted octanol–water partition coefficient (Wildman–Crippen LogP) is 1.97. The van der Waals surface area contributed by atoms with E-state index in [1.54, 1.807) is 42.8 Å². The fourth-order valence-electron chi connectivity index (χ4n) is 3.20. The van der Waals surface area contributed by atoms with Crippen LogP contribution in [0.5, 0.6) is 0 Å². The van der Waals surface area contributed by atoms with Gasteiger partial charge in [-0.15, -0.1) is 0 Å². The molecule has 2 aromatic rings. The number of ketones is 1. The Morgan fingerprint density at radius 3 is 2.46 bits per heavy atom. The van der Waals surface area contributed by atoms with Crippen molar-refractivity contribution in [2.45, 2.75) is 31.7 Å². The van der Waals surface area contributed by atoms with Crippen LogP contribution in [0.15, 0.2) is 35.5 Å². The second-order valence-electron chi connectivity index (χ2n) is 7.04. The number of aryl methyl sites for hydroxylation is 2. The Morgan fingerprint density at radius 1 is 1.21 bits per heavy atom. The van der Waals surface area contributed by atoms with E-state index in [0.29, 0.717) is 29.9 Å². The van der Waals surface area contributed by atoms with Crippen LogP contribution in [0.1, 0.15) is 35.9 Å². The molecule has 0 spiro atoms. The molecule has 0 saturated carbocycles. The van der Waals surface area contributed by atoms with Crippen LogP contribution < -0.4 is 5.32 Å². The molecule has 0 aliphatic carbocycles. The van der Waals surface area contributed by atoms with Crippen molar-refractivity contribution in [3.8, 4) is 0 Å². The molecule has 1 N–H and O–H groups in total. The number of Topliss-reactive ketones (excluding diaryl/α,β-unsaturated/α-hetero) is 1. The molecule has 0 radical (unpaired) electrons. The van der Waals surface area contributed by atoms with Crippen molar-refractivity contribution in [3.05, 3.63) is 41.9 Å². The molecule has 1 aliphatic rings. The molecule has 0 bridgehead atoms. The summed E-state index contributed by atoms with van der Waals surface area (Å²) in [4.78, 5) is 28.1. The van der Waals surface area contributed by atoms with E-state index >= 15 is 0 Å². The third kappa shape index (κ3) is 4.15. The Morgan fingerprint density at radius 2 is 1.89 bits per heavy atom. The van der Waals surface area contributed by atoms with Crippen molar-refractivity contribution in [1.29, 1.82) is 0 Å². The first-order chi connectivity index (χ1) is 13.2. The van der Waals surface area contributed by atoms with Crippen molar-refractivity contribution in [1.82, 2.24) is 13.9 Å². The summed E-state index contributed by atoms with van der Waals surface area (Å²) in [6.07, 6.45) is 2.37. The zero-order chi connectivity index (χ0) is 20.5. The SMILES string of the molecule is CC(=O)c1cccc(NC(=O)C2CCN(S(=O)(=O)c3cn(C)c(C)n3)CC2)c1. The lowest BCUT2D eigenvalue weighted by Gasteiger charge is -2.29. The summed E-state index contributed by atoms with van der Waals surface area (Å²) in [5, 5.41) is 2.87. The summed E-state index contributed by atoms with van der Waals surface area (Å²) in [5.74, 6) is 0.115. The number of imidazole rings is 1. The molecule has 3 rings (SSSR count). The van der Waals surface area contributed by atoms with Crippen LogP contribution in [0, 0.1) is 12.8 Å². The van der Waals surface area contributed by atoms with Crippen LogP contribution in [0.4, 0.5) is 5.69 Å². The van der Waals surface area contributed by atoms with Crippen molar-refractivity contribution in [3.63, 3.8) is 0 Å². The molecule has 28 heavy (non-hydrogen) atoms. The number of hydrogen-bond donors (Lipinski definition) is 1. The van der Waals surface area contributed by atoms with E-state index in [1.807, 2.05) is 0 Å². The van der Waals surface area contributed by atoms with Gasteiger partial charge in [0.15, 0.2) is 10.8 Å². The highest BCUT2D eigenvalue weighted by Crippen LogP contribution is 2.24. The van der Waals surface area contributed by atoms with E-state index < -0.39 is 10.0 Å². The number of rotatable bonds is 5. The van der Waals surface area contributed by atoms with Crippen LogP contribution in [0.2, 0.25) is 0 Å². The van der Waals surface area contributed by atoms with Crippen molar-refractivity contribution >= 4 is 27.4 Å². The number of aromatic nitrogens is 2. The number of carbonyl (C=O) groups is 2. The van der Waals surface area contributed by atoms with Gasteiger partial charge in [0.1, 0.15) is 5.82 Å². The normalized spacial score (nSPS) is 16.1. The van der Waals surface area contributed by atoms with Gasteiger partial charge in [-0.25, -0.2) is 13.4 Å². The average molecular weight is 404 g/mol. The molecule has 0 atom stereocenters. The highest BCUT2D eigenvalue weighted by molar-refractivity contribution is 7.89. The third-order valence-corrected chi connectivity index (χ3v) is 6.82. The fourth-order valence-corrected chi connectivity index (χ4v) is 4.70. The zero-order valence-electron chi connectivity index (χ0n) is 16.2. The number of piperidine rings is 1. The van der Waals surface area contributed by atoms with Gasteiger partial charge in [-0.3, -0.25) is 9.59 Å². The van der Waals surface area contributed by atoms with Crippen LogP contribution in [-0.4, -0.2) is 47.1 Å². The number of nitrogens with one attached hydrogen (secondary N) is 1. The maximum absolute atomic E-state index is 12.7. The molecular weight excluding hydrogens is 380 g/mol. The van der Waals surface area contributed by atoms with Crippen molar-refractivity contribution in [2.75, 3.05) is 18.4 Å². The number of amides is 1. The van der Waals surface area contributed by atoms with E-state index in [4.69, 9.17) is 0 Å². The van der Waals surface area contributed by atoms with E-state index in [-0.39, 0.29) is 35.7 Å². The summed E-state index contributed by atoms with van der Waals surface area (Å²) >= 11 is 0. The highest BCUT2D eigenvalue weighted by atomic mass is 32.2. The third-order valence-electron chi connectivity index (χ3n) is 5.05. The largest absolute Gasteiger partial charge is 0.337 e. The lowest BCUT2D eigenvalue weighted by atomic mass is 9.97. The number of carbonyl (C=O) groups excluding carboxylic acids is 2. The van der Waals surface area contributed by atoms with Gasteiger partial charge in [0.2, 0.25) is 5.91 Å². The van der Waals surface area contributed by atoms with Gasteiger partial charge in [0.25, 0.3) is 10.0 Å². The molecule has 9 heteroatoms. The van der Waals surface area contributed by atoms with Crippen molar-refractivity contribution in [2.24, 2.45) is 13.0 Å². The maximum Gasteiger partial charge on any atom is 0.262 e. The second kappa shape index (κ2) is 7.84. The van der Waals surface area contributed by atoms with E-state index in [0.717, 1.165) is 0 Å². The van der Waals surface area contributed by atoms with Gasteiger partial charge in [-0.05, 0) is 38.8 Å². The molecule has 1 aliphatic heterocycles. The minimum atomic E-state index is -3.65. The summed E-state index contributed by atoms with van der Waals surface area (Å²) < 4.78 is 28.5. The molecular formula is C19H24N4O4S. The maximum atomic E-state index is 12.7.